The summed E-state index contributed by atoms with van der Waals surface area (Å²) in [5, 5.41) is 0. The molecule has 0 bridgehead atoms. The Labute approximate surface area is 69.8 Å². The Hall–Kier alpha value is -1.45. The molecule has 0 aromatic rings. The monoisotopic (exact) mass is 167 g/mol. The minimum atomic E-state index is -0.401. The maximum absolute atomic E-state index is 10.9. The molecule has 4 heteroatoms. The predicted octanol–water partition coefficient (Wildman–Crippen LogP) is -0.109. The molecule has 0 radical (unpaired) electrons. The topological polar surface area (TPSA) is 54.5 Å². The lowest BCUT2D eigenvalue weighted by atomic mass is 10.3. The van der Waals surface area contributed by atoms with Crippen molar-refractivity contribution < 1.29 is 14.4 Å². The highest BCUT2D eigenvalue weighted by Gasteiger charge is 2.24. The molecule has 2 amide bonds. The quantitative estimate of drug-likeness (QED) is 0.551. The van der Waals surface area contributed by atoms with Crippen LogP contribution in [0.1, 0.15) is 13.3 Å². The number of carbonyl (C=O) groups is 3. The smallest absolute Gasteiger partial charge is 0.254 e. The fraction of sp³-hybridized carbons (Fsp3) is 0.375. The Balaban J connectivity index is 2.59. The van der Waals surface area contributed by atoms with E-state index in [1.165, 1.54) is 12.2 Å². The fourth-order valence-corrected chi connectivity index (χ4v) is 0.875. The van der Waals surface area contributed by atoms with Crippen LogP contribution in [0.25, 0.3) is 0 Å². The number of rotatable bonds is 3. The van der Waals surface area contributed by atoms with Crippen LogP contribution in [-0.4, -0.2) is 29.0 Å². The SMILES string of the molecule is CCC(=O)CN1C(=O)C=CC1=O. The first kappa shape index (κ1) is 8.64. The standard InChI is InChI=1S/C8H9NO3/c1-2-6(10)5-9-7(11)3-4-8(9)12/h3-4H,2,5H2,1H3. The lowest BCUT2D eigenvalue weighted by molar-refractivity contribution is -0.140. The maximum Gasteiger partial charge on any atom is 0.254 e. The van der Waals surface area contributed by atoms with E-state index in [-0.39, 0.29) is 12.3 Å². The predicted molar refractivity (Wildman–Crippen MR) is 41.2 cm³/mol. The van der Waals surface area contributed by atoms with Crippen molar-refractivity contribution in [2.75, 3.05) is 6.54 Å². The van der Waals surface area contributed by atoms with E-state index < -0.39 is 11.8 Å². The number of ketones is 1. The van der Waals surface area contributed by atoms with Gasteiger partial charge >= 0.3 is 0 Å². The van der Waals surface area contributed by atoms with Crippen LogP contribution in [0.2, 0.25) is 0 Å². The molecule has 0 saturated carbocycles. The van der Waals surface area contributed by atoms with Crippen LogP contribution in [0, 0.1) is 0 Å². The van der Waals surface area contributed by atoms with Gasteiger partial charge in [0.25, 0.3) is 11.8 Å². The molecule has 64 valence electrons. The van der Waals surface area contributed by atoms with Crippen LogP contribution in [0.3, 0.4) is 0 Å². The third-order valence-electron chi connectivity index (χ3n) is 1.63. The summed E-state index contributed by atoms with van der Waals surface area (Å²) in [6, 6.07) is 0. The molecule has 1 rings (SSSR count). The zero-order valence-corrected chi connectivity index (χ0v) is 6.74. The summed E-state index contributed by atoms with van der Waals surface area (Å²) in [4.78, 5) is 33.6. The molecule has 1 heterocycles. The maximum atomic E-state index is 10.9. The number of amides is 2. The first-order valence-corrected chi connectivity index (χ1v) is 3.70. The second kappa shape index (κ2) is 3.30. The van der Waals surface area contributed by atoms with Crippen molar-refractivity contribution in [3.8, 4) is 0 Å². The summed E-state index contributed by atoms with van der Waals surface area (Å²) >= 11 is 0. The van der Waals surface area contributed by atoms with Crippen molar-refractivity contribution in [1.29, 1.82) is 0 Å². The van der Waals surface area contributed by atoms with Gasteiger partial charge < -0.3 is 0 Å². The van der Waals surface area contributed by atoms with E-state index in [1.807, 2.05) is 0 Å². The Bertz CT molecular complexity index is 249. The highest BCUT2D eigenvalue weighted by molar-refractivity contribution is 6.14. The van der Waals surface area contributed by atoms with E-state index >= 15 is 0 Å². The normalized spacial score (nSPS) is 15.9. The molecule has 0 fully saturated rings. The third kappa shape index (κ3) is 1.58. The van der Waals surface area contributed by atoms with Crippen molar-refractivity contribution >= 4 is 17.6 Å². The average molecular weight is 167 g/mol. The number of nitrogens with zero attached hydrogens (tertiary/aromatic N) is 1. The zero-order valence-electron chi connectivity index (χ0n) is 6.74. The second-order valence-corrected chi connectivity index (χ2v) is 2.49. The number of carbonyl (C=O) groups excluding carboxylic acids is 3. The molecule has 12 heavy (non-hydrogen) atoms. The van der Waals surface area contributed by atoms with Gasteiger partial charge in [-0.05, 0) is 0 Å². The molecule has 0 spiro atoms. The third-order valence-corrected chi connectivity index (χ3v) is 1.63. The molecule has 4 nitrogen and oxygen atoms in total. The van der Waals surface area contributed by atoms with Crippen molar-refractivity contribution in [3.63, 3.8) is 0 Å². The lowest BCUT2D eigenvalue weighted by Crippen LogP contribution is -2.34. The molecular formula is C8H9NO3. The van der Waals surface area contributed by atoms with Crippen molar-refractivity contribution in [2.24, 2.45) is 0 Å². The van der Waals surface area contributed by atoms with Crippen LogP contribution < -0.4 is 0 Å². The summed E-state index contributed by atoms with van der Waals surface area (Å²) in [6.07, 6.45) is 2.69. The molecule has 0 saturated heterocycles. The van der Waals surface area contributed by atoms with Crippen molar-refractivity contribution in [3.05, 3.63) is 12.2 Å². The van der Waals surface area contributed by atoms with Gasteiger partial charge in [-0.3, -0.25) is 19.3 Å². The minimum absolute atomic E-state index is 0.0961. The molecule has 0 aromatic heterocycles. The minimum Gasteiger partial charge on any atom is -0.298 e. The van der Waals surface area contributed by atoms with Crippen molar-refractivity contribution in [1.82, 2.24) is 4.90 Å². The van der Waals surface area contributed by atoms with E-state index in [1.54, 1.807) is 6.92 Å². The van der Waals surface area contributed by atoms with Gasteiger partial charge in [-0.25, -0.2) is 0 Å². The summed E-state index contributed by atoms with van der Waals surface area (Å²) < 4.78 is 0. The Morgan fingerprint density at radius 2 is 1.83 bits per heavy atom. The van der Waals surface area contributed by atoms with E-state index in [4.69, 9.17) is 0 Å². The number of hydrogen-bond donors (Lipinski definition) is 0. The van der Waals surface area contributed by atoms with E-state index in [0.717, 1.165) is 4.90 Å². The molecule has 0 aliphatic carbocycles. The van der Waals surface area contributed by atoms with Gasteiger partial charge in [0.05, 0.1) is 6.54 Å². The molecule has 0 unspecified atom stereocenters. The van der Waals surface area contributed by atoms with Crippen LogP contribution >= 0.6 is 0 Å². The van der Waals surface area contributed by atoms with Crippen molar-refractivity contribution in [2.45, 2.75) is 13.3 Å². The van der Waals surface area contributed by atoms with Gasteiger partial charge in [-0.2, -0.15) is 0 Å². The zero-order chi connectivity index (χ0) is 9.14. The van der Waals surface area contributed by atoms with Crippen LogP contribution in [0.15, 0.2) is 12.2 Å². The number of imide groups is 1. The second-order valence-electron chi connectivity index (χ2n) is 2.49. The number of hydrogen-bond acceptors (Lipinski definition) is 3. The highest BCUT2D eigenvalue weighted by atomic mass is 16.2. The summed E-state index contributed by atoms with van der Waals surface area (Å²) in [5.74, 6) is -0.913. The Morgan fingerprint density at radius 1 is 1.33 bits per heavy atom. The Morgan fingerprint density at radius 3 is 2.25 bits per heavy atom. The first-order valence-electron chi connectivity index (χ1n) is 3.70. The number of Topliss-reactive ketones (excluding diaryl/α,β-unsaturated/α-hetero) is 1. The highest BCUT2D eigenvalue weighted by Crippen LogP contribution is 2.03. The molecule has 1 aliphatic heterocycles. The summed E-state index contributed by atoms with van der Waals surface area (Å²) in [5.41, 5.74) is 0. The molecule has 0 N–H and O–H groups in total. The average Bonchev–Trinajstić information content (AvgIpc) is 2.35. The first-order chi connectivity index (χ1) is 5.65. The van der Waals surface area contributed by atoms with E-state index in [2.05, 4.69) is 0 Å². The van der Waals surface area contributed by atoms with Gasteiger partial charge in [0, 0.05) is 18.6 Å². The Kier molecular flexibility index (Phi) is 2.38. The largest absolute Gasteiger partial charge is 0.298 e. The fourth-order valence-electron chi connectivity index (χ4n) is 0.875. The van der Waals surface area contributed by atoms with Gasteiger partial charge in [0.1, 0.15) is 0 Å². The van der Waals surface area contributed by atoms with Crippen LogP contribution in [0.4, 0.5) is 0 Å². The van der Waals surface area contributed by atoms with E-state index in [0.29, 0.717) is 6.42 Å². The van der Waals surface area contributed by atoms with Gasteiger partial charge in [0.2, 0.25) is 0 Å². The molecule has 1 aliphatic rings. The van der Waals surface area contributed by atoms with Crippen LogP contribution in [0.5, 0.6) is 0 Å². The van der Waals surface area contributed by atoms with Gasteiger partial charge in [-0.1, -0.05) is 6.92 Å². The summed E-state index contributed by atoms with van der Waals surface area (Å²) in [6.45, 7) is 1.60. The lowest BCUT2D eigenvalue weighted by Gasteiger charge is -2.10. The van der Waals surface area contributed by atoms with Gasteiger partial charge in [-0.15, -0.1) is 0 Å². The summed E-state index contributed by atoms with van der Waals surface area (Å²) in [7, 11) is 0. The van der Waals surface area contributed by atoms with Crippen LogP contribution in [-0.2, 0) is 14.4 Å². The molecule has 0 aromatic carbocycles. The molecular weight excluding hydrogens is 158 g/mol. The molecule has 0 atom stereocenters. The van der Waals surface area contributed by atoms with E-state index in [9.17, 15) is 14.4 Å². The van der Waals surface area contributed by atoms with Gasteiger partial charge in [0.15, 0.2) is 5.78 Å².